The summed E-state index contributed by atoms with van der Waals surface area (Å²) in [5.41, 5.74) is 8.92. The van der Waals surface area contributed by atoms with Crippen LogP contribution in [0.2, 0.25) is 0 Å². The number of nitrogens with two attached hydrogens (primary N) is 1. The van der Waals surface area contributed by atoms with Crippen LogP contribution in [-0.2, 0) is 0 Å². The predicted octanol–water partition coefficient (Wildman–Crippen LogP) is 1.55. The molecule has 4 nitrogen and oxygen atoms in total. The average Bonchev–Trinajstić information content (AvgIpc) is 2.64. The summed E-state index contributed by atoms with van der Waals surface area (Å²) in [5.74, 6) is 0. The molecule has 1 saturated heterocycles. The fourth-order valence-electron chi connectivity index (χ4n) is 2.08. The minimum Gasteiger partial charge on any atom is -0.333 e. The van der Waals surface area contributed by atoms with Gasteiger partial charge in [-0.05, 0) is 50.1 Å². The van der Waals surface area contributed by atoms with E-state index in [4.69, 9.17) is 5.73 Å². The van der Waals surface area contributed by atoms with Gasteiger partial charge in [0.2, 0.25) is 0 Å². The van der Waals surface area contributed by atoms with E-state index in [1.165, 1.54) is 11.1 Å². The van der Waals surface area contributed by atoms with Gasteiger partial charge in [-0.25, -0.2) is 4.79 Å². The Labute approximate surface area is 102 Å². The molecule has 1 aromatic carbocycles. The number of anilines is 1. The number of rotatable bonds is 3. The average molecular weight is 233 g/mol. The molecule has 1 unspecified atom stereocenters. The molecule has 0 aromatic heterocycles. The standard InChI is InChI=1S/C13H19N3O/c1-9-3-4-12(7-10(9)2)16-8-11(5-6-14)15-13(16)17/h3-4,7,11H,5-6,8,14H2,1-2H3,(H,15,17). The Bertz CT molecular complexity index is 431. The topological polar surface area (TPSA) is 58.4 Å². The van der Waals surface area contributed by atoms with Crippen molar-refractivity contribution in [2.45, 2.75) is 26.3 Å². The summed E-state index contributed by atoms with van der Waals surface area (Å²) >= 11 is 0. The first-order valence-corrected chi connectivity index (χ1v) is 5.97. The Morgan fingerprint density at radius 1 is 1.41 bits per heavy atom. The van der Waals surface area contributed by atoms with E-state index in [0.717, 1.165) is 12.1 Å². The molecule has 17 heavy (non-hydrogen) atoms. The number of benzene rings is 1. The highest BCUT2D eigenvalue weighted by atomic mass is 16.2. The van der Waals surface area contributed by atoms with Crippen LogP contribution in [0.1, 0.15) is 17.5 Å². The molecular formula is C13H19N3O. The minimum absolute atomic E-state index is 0.0216. The maximum absolute atomic E-state index is 11.8. The molecule has 1 fully saturated rings. The number of carbonyl (C=O) groups excluding carboxylic acids is 1. The zero-order valence-electron chi connectivity index (χ0n) is 10.4. The first-order valence-electron chi connectivity index (χ1n) is 5.97. The Balaban J connectivity index is 2.17. The number of urea groups is 1. The van der Waals surface area contributed by atoms with Gasteiger partial charge in [-0.1, -0.05) is 6.07 Å². The molecule has 3 N–H and O–H groups in total. The number of hydrogen-bond acceptors (Lipinski definition) is 2. The summed E-state index contributed by atoms with van der Waals surface area (Å²) in [4.78, 5) is 13.6. The monoisotopic (exact) mass is 233 g/mol. The van der Waals surface area contributed by atoms with Crippen LogP contribution in [0.5, 0.6) is 0 Å². The van der Waals surface area contributed by atoms with Gasteiger partial charge in [-0.2, -0.15) is 0 Å². The summed E-state index contributed by atoms with van der Waals surface area (Å²) in [5, 5.41) is 2.94. The summed E-state index contributed by atoms with van der Waals surface area (Å²) in [6.45, 7) is 5.44. The van der Waals surface area contributed by atoms with Crippen molar-refractivity contribution in [1.29, 1.82) is 0 Å². The van der Waals surface area contributed by atoms with Crippen LogP contribution < -0.4 is 16.0 Å². The van der Waals surface area contributed by atoms with Crippen molar-refractivity contribution in [2.24, 2.45) is 5.73 Å². The van der Waals surface area contributed by atoms with Gasteiger partial charge in [0.15, 0.2) is 0 Å². The van der Waals surface area contributed by atoms with E-state index in [9.17, 15) is 4.79 Å². The van der Waals surface area contributed by atoms with Crippen molar-refractivity contribution in [1.82, 2.24) is 5.32 Å². The fraction of sp³-hybridized carbons (Fsp3) is 0.462. The van der Waals surface area contributed by atoms with Gasteiger partial charge in [0.25, 0.3) is 0 Å². The molecule has 1 aromatic rings. The minimum atomic E-state index is -0.0216. The molecule has 0 saturated carbocycles. The van der Waals surface area contributed by atoms with Gasteiger partial charge in [0, 0.05) is 18.3 Å². The highest BCUT2D eigenvalue weighted by Gasteiger charge is 2.29. The smallest absolute Gasteiger partial charge is 0.322 e. The zero-order valence-corrected chi connectivity index (χ0v) is 10.4. The van der Waals surface area contributed by atoms with Gasteiger partial charge >= 0.3 is 6.03 Å². The van der Waals surface area contributed by atoms with E-state index in [2.05, 4.69) is 25.2 Å². The van der Waals surface area contributed by atoms with Crippen molar-refractivity contribution in [3.05, 3.63) is 29.3 Å². The molecule has 0 spiro atoms. The number of hydrogen-bond donors (Lipinski definition) is 2. The normalized spacial score (nSPS) is 19.6. The molecule has 1 aliphatic rings. The number of nitrogens with one attached hydrogen (secondary N) is 1. The number of aryl methyl sites for hydroxylation is 2. The first-order chi connectivity index (χ1) is 8.11. The second-order valence-electron chi connectivity index (χ2n) is 4.60. The zero-order chi connectivity index (χ0) is 12.4. The van der Waals surface area contributed by atoms with E-state index in [0.29, 0.717) is 13.1 Å². The SMILES string of the molecule is Cc1ccc(N2CC(CCN)NC2=O)cc1C. The van der Waals surface area contributed by atoms with Gasteiger partial charge in [-0.3, -0.25) is 4.90 Å². The van der Waals surface area contributed by atoms with Gasteiger partial charge in [-0.15, -0.1) is 0 Å². The second-order valence-corrected chi connectivity index (χ2v) is 4.60. The van der Waals surface area contributed by atoms with Gasteiger partial charge in [0.05, 0.1) is 0 Å². The molecule has 0 radical (unpaired) electrons. The third-order valence-corrected chi connectivity index (χ3v) is 3.29. The number of nitrogens with zero attached hydrogens (tertiary/aromatic N) is 1. The molecule has 1 atom stereocenters. The van der Waals surface area contributed by atoms with Crippen LogP contribution in [0.4, 0.5) is 10.5 Å². The van der Waals surface area contributed by atoms with E-state index >= 15 is 0 Å². The van der Waals surface area contributed by atoms with Crippen LogP contribution in [0, 0.1) is 13.8 Å². The fourth-order valence-corrected chi connectivity index (χ4v) is 2.08. The molecule has 1 heterocycles. The summed E-state index contributed by atoms with van der Waals surface area (Å²) in [6.07, 6.45) is 0.826. The quantitative estimate of drug-likeness (QED) is 0.832. The van der Waals surface area contributed by atoms with Crippen molar-refractivity contribution in [3.63, 3.8) is 0 Å². The van der Waals surface area contributed by atoms with Gasteiger partial charge in [0.1, 0.15) is 0 Å². The highest BCUT2D eigenvalue weighted by Crippen LogP contribution is 2.22. The largest absolute Gasteiger partial charge is 0.333 e. The summed E-state index contributed by atoms with van der Waals surface area (Å²) < 4.78 is 0. The maximum atomic E-state index is 11.8. The lowest BCUT2D eigenvalue weighted by Gasteiger charge is -2.16. The molecule has 1 aliphatic heterocycles. The molecule has 2 amide bonds. The second kappa shape index (κ2) is 4.75. The summed E-state index contributed by atoms with van der Waals surface area (Å²) in [6, 6.07) is 6.25. The van der Waals surface area contributed by atoms with E-state index < -0.39 is 0 Å². The van der Waals surface area contributed by atoms with Crippen LogP contribution in [-0.4, -0.2) is 25.2 Å². The highest BCUT2D eigenvalue weighted by molar-refractivity contribution is 5.94. The lowest BCUT2D eigenvalue weighted by atomic mass is 10.1. The van der Waals surface area contributed by atoms with Crippen LogP contribution in [0.3, 0.4) is 0 Å². The van der Waals surface area contributed by atoms with Crippen LogP contribution >= 0.6 is 0 Å². The van der Waals surface area contributed by atoms with E-state index in [-0.39, 0.29) is 12.1 Å². The lowest BCUT2D eigenvalue weighted by Crippen LogP contribution is -2.29. The molecule has 4 heteroatoms. The third-order valence-electron chi connectivity index (χ3n) is 3.29. The Morgan fingerprint density at radius 2 is 2.18 bits per heavy atom. The molecule has 2 rings (SSSR count). The Hall–Kier alpha value is -1.55. The Morgan fingerprint density at radius 3 is 2.82 bits per heavy atom. The molecule has 0 aliphatic carbocycles. The van der Waals surface area contributed by atoms with Crippen LogP contribution in [0.25, 0.3) is 0 Å². The van der Waals surface area contributed by atoms with E-state index in [1.807, 2.05) is 12.1 Å². The van der Waals surface area contributed by atoms with E-state index in [1.54, 1.807) is 4.90 Å². The third kappa shape index (κ3) is 2.42. The van der Waals surface area contributed by atoms with Crippen molar-refractivity contribution >= 4 is 11.7 Å². The lowest BCUT2D eigenvalue weighted by molar-refractivity contribution is 0.250. The maximum Gasteiger partial charge on any atom is 0.322 e. The first kappa shape index (κ1) is 11.9. The molecule has 92 valence electrons. The molecular weight excluding hydrogens is 214 g/mol. The van der Waals surface area contributed by atoms with Crippen molar-refractivity contribution in [3.8, 4) is 0 Å². The number of amides is 2. The van der Waals surface area contributed by atoms with Crippen LogP contribution in [0.15, 0.2) is 18.2 Å². The van der Waals surface area contributed by atoms with Gasteiger partial charge < -0.3 is 11.1 Å². The molecule has 0 bridgehead atoms. The van der Waals surface area contributed by atoms with Crippen molar-refractivity contribution < 1.29 is 4.79 Å². The van der Waals surface area contributed by atoms with Crippen molar-refractivity contribution in [2.75, 3.05) is 18.0 Å². The Kier molecular flexibility index (Phi) is 3.33. The number of carbonyl (C=O) groups is 1. The predicted molar refractivity (Wildman–Crippen MR) is 69.3 cm³/mol. The summed E-state index contributed by atoms with van der Waals surface area (Å²) in [7, 11) is 0.